The number of nitrogens with two attached hydrogens (primary N) is 1. The smallest absolute Gasteiger partial charge is 0.342 e. The average Bonchev–Trinajstić information content (AvgIpc) is 2.22. The molecule has 0 aromatic carbocycles. The van der Waals surface area contributed by atoms with E-state index in [0.29, 0.717) is 12.5 Å². The molecule has 2 unspecified atom stereocenters. The topological polar surface area (TPSA) is 108 Å². The first kappa shape index (κ1) is 10.9. The van der Waals surface area contributed by atoms with E-state index >= 15 is 0 Å². The number of aromatic amines is 2. The maximum Gasteiger partial charge on any atom is 0.342 e. The van der Waals surface area contributed by atoms with Gasteiger partial charge in [-0.3, -0.25) is 9.78 Å². The van der Waals surface area contributed by atoms with Crippen LogP contribution in [0.2, 0.25) is 0 Å². The minimum Gasteiger partial charge on any atom is -0.349 e. The molecular weight excluding hydrogens is 210 g/mol. The van der Waals surface area contributed by atoms with Crippen LogP contribution in [0.3, 0.4) is 0 Å². The predicted molar refractivity (Wildman–Crippen MR) is 59.4 cm³/mol. The summed E-state index contributed by atoms with van der Waals surface area (Å²) < 4.78 is 0. The summed E-state index contributed by atoms with van der Waals surface area (Å²) in [4.78, 5) is 26.3. The van der Waals surface area contributed by atoms with Gasteiger partial charge in [0.15, 0.2) is 0 Å². The number of rotatable bonds is 1. The van der Waals surface area contributed by atoms with Crippen molar-refractivity contribution in [3.63, 3.8) is 0 Å². The predicted octanol–water partition coefficient (Wildman–Crippen LogP) is -1.37. The van der Waals surface area contributed by atoms with Crippen molar-refractivity contribution in [2.24, 2.45) is 11.7 Å². The van der Waals surface area contributed by atoms with Crippen molar-refractivity contribution >= 4 is 5.82 Å². The van der Waals surface area contributed by atoms with Gasteiger partial charge in [-0.05, 0) is 12.3 Å². The van der Waals surface area contributed by atoms with Gasteiger partial charge < -0.3 is 10.6 Å². The SMILES string of the molecule is CC1CCN(c2n[nH]c(=O)[nH]c2=O)CC1N. The molecule has 16 heavy (non-hydrogen) atoms. The number of piperidine rings is 1. The summed E-state index contributed by atoms with van der Waals surface area (Å²) in [7, 11) is 0. The Morgan fingerprint density at radius 3 is 2.88 bits per heavy atom. The zero-order valence-corrected chi connectivity index (χ0v) is 9.06. The fraction of sp³-hybridized carbons (Fsp3) is 0.667. The van der Waals surface area contributed by atoms with E-state index in [2.05, 4.69) is 22.1 Å². The van der Waals surface area contributed by atoms with Crippen molar-refractivity contribution in [2.45, 2.75) is 19.4 Å². The molecule has 0 aliphatic carbocycles. The van der Waals surface area contributed by atoms with Crippen LogP contribution in [0.25, 0.3) is 0 Å². The molecule has 0 bridgehead atoms. The summed E-state index contributed by atoms with van der Waals surface area (Å²) in [6.45, 7) is 3.41. The molecule has 1 fully saturated rings. The van der Waals surface area contributed by atoms with E-state index in [-0.39, 0.29) is 11.9 Å². The first-order valence-electron chi connectivity index (χ1n) is 5.27. The van der Waals surface area contributed by atoms with Crippen LogP contribution in [-0.4, -0.2) is 34.3 Å². The molecule has 1 aromatic heterocycles. The third-order valence-corrected chi connectivity index (χ3v) is 3.01. The van der Waals surface area contributed by atoms with Crippen molar-refractivity contribution in [2.75, 3.05) is 18.0 Å². The molecule has 88 valence electrons. The van der Waals surface area contributed by atoms with Crippen molar-refractivity contribution < 1.29 is 0 Å². The number of anilines is 1. The fourth-order valence-corrected chi connectivity index (χ4v) is 1.85. The number of hydrogen-bond acceptors (Lipinski definition) is 5. The van der Waals surface area contributed by atoms with Crippen LogP contribution in [0, 0.1) is 5.92 Å². The van der Waals surface area contributed by atoms with Crippen molar-refractivity contribution in [3.8, 4) is 0 Å². The molecule has 4 N–H and O–H groups in total. The molecule has 0 saturated carbocycles. The van der Waals surface area contributed by atoms with Crippen molar-refractivity contribution in [1.29, 1.82) is 0 Å². The van der Waals surface area contributed by atoms with E-state index in [4.69, 9.17) is 5.73 Å². The van der Waals surface area contributed by atoms with Crippen LogP contribution in [0.15, 0.2) is 9.59 Å². The molecule has 0 radical (unpaired) electrons. The number of H-pyrrole nitrogens is 2. The van der Waals surface area contributed by atoms with Gasteiger partial charge in [0, 0.05) is 19.1 Å². The molecule has 7 heteroatoms. The van der Waals surface area contributed by atoms with E-state index in [0.717, 1.165) is 13.0 Å². The Labute approximate surface area is 91.7 Å². The Morgan fingerprint density at radius 1 is 1.50 bits per heavy atom. The Balaban J connectivity index is 2.25. The number of nitrogens with one attached hydrogen (secondary N) is 2. The summed E-state index contributed by atoms with van der Waals surface area (Å²) in [5.74, 6) is 0.681. The Bertz CT molecular complexity index is 479. The summed E-state index contributed by atoms with van der Waals surface area (Å²) >= 11 is 0. The zero-order chi connectivity index (χ0) is 11.7. The largest absolute Gasteiger partial charge is 0.349 e. The lowest BCUT2D eigenvalue weighted by molar-refractivity contribution is 0.376. The van der Waals surface area contributed by atoms with Gasteiger partial charge in [0.2, 0.25) is 5.82 Å². The summed E-state index contributed by atoms with van der Waals surface area (Å²) in [6, 6.07) is 0.0295. The molecule has 0 amide bonds. The average molecular weight is 225 g/mol. The minimum atomic E-state index is -0.594. The lowest BCUT2D eigenvalue weighted by atomic mass is 9.94. The van der Waals surface area contributed by atoms with E-state index in [1.807, 2.05) is 0 Å². The van der Waals surface area contributed by atoms with Crippen LogP contribution in [0.5, 0.6) is 0 Å². The van der Waals surface area contributed by atoms with Crippen LogP contribution >= 0.6 is 0 Å². The minimum absolute atomic E-state index is 0.0295. The van der Waals surface area contributed by atoms with E-state index in [1.165, 1.54) is 0 Å². The molecule has 1 aromatic rings. The Hall–Kier alpha value is -1.63. The van der Waals surface area contributed by atoms with E-state index in [9.17, 15) is 9.59 Å². The lowest BCUT2D eigenvalue weighted by Gasteiger charge is -2.34. The molecule has 1 saturated heterocycles. The number of aromatic nitrogens is 3. The summed E-state index contributed by atoms with van der Waals surface area (Å²) in [6.07, 6.45) is 0.918. The first-order valence-corrected chi connectivity index (χ1v) is 5.27. The van der Waals surface area contributed by atoms with Crippen LogP contribution in [0.1, 0.15) is 13.3 Å². The highest BCUT2D eigenvalue weighted by atomic mass is 16.2. The highest BCUT2D eigenvalue weighted by molar-refractivity contribution is 5.35. The van der Waals surface area contributed by atoms with Gasteiger partial charge in [-0.2, -0.15) is 0 Å². The second-order valence-electron chi connectivity index (χ2n) is 4.21. The second-order valence-corrected chi connectivity index (χ2v) is 4.21. The fourth-order valence-electron chi connectivity index (χ4n) is 1.85. The van der Waals surface area contributed by atoms with Gasteiger partial charge in [0.05, 0.1) is 0 Å². The lowest BCUT2D eigenvalue weighted by Crippen LogP contribution is -2.49. The highest BCUT2D eigenvalue weighted by Gasteiger charge is 2.25. The quantitative estimate of drug-likeness (QED) is 0.546. The van der Waals surface area contributed by atoms with Gasteiger partial charge in [-0.1, -0.05) is 6.92 Å². The molecule has 1 aliphatic heterocycles. The van der Waals surface area contributed by atoms with Gasteiger partial charge in [0.25, 0.3) is 5.56 Å². The third kappa shape index (κ3) is 1.99. The first-order chi connectivity index (χ1) is 7.58. The standard InChI is InChI=1S/C9H15N5O2/c1-5-2-3-14(4-6(5)10)7-8(15)11-9(16)13-12-7/h5-6H,2-4,10H2,1H3,(H2,11,13,15,16). The van der Waals surface area contributed by atoms with Crippen molar-refractivity contribution in [1.82, 2.24) is 15.2 Å². The number of hydrogen-bond donors (Lipinski definition) is 3. The molecule has 0 spiro atoms. The highest BCUT2D eigenvalue weighted by Crippen LogP contribution is 2.17. The Morgan fingerprint density at radius 2 is 2.25 bits per heavy atom. The van der Waals surface area contributed by atoms with Crippen LogP contribution < -0.4 is 21.9 Å². The van der Waals surface area contributed by atoms with E-state index in [1.54, 1.807) is 4.90 Å². The maximum absolute atomic E-state index is 11.5. The molecule has 2 rings (SSSR count). The molecule has 2 heterocycles. The van der Waals surface area contributed by atoms with Gasteiger partial charge in [0.1, 0.15) is 0 Å². The molecule has 2 atom stereocenters. The number of nitrogens with zero attached hydrogens (tertiary/aromatic N) is 2. The molecular formula is C9H15N5O2. The van der Waals surface area contributed by atoms with Crippen LogP contribution in [0.4, 0.5) is 5.82 Å². The van der Waals surface area contributed by atoms with Crippen molar-refractivity contribution in [3.05, 3.63) is 20.8 Å². The molecule has 1 aliphatic rings. The second kappa shape index (κ2) is 4.09. The normalized spacial score (nSPS) is 25.8. The van der Waals surface area contributed by atoms with Gasteiger partial charge >= 0.3 is 5.69 Å². The summed E-state index contributed by atoms with van der Waals surface area (Å²) in [5.41, 5.74) is 4.87. The summed E-state index contributed by atoms with van der Waals surface area (Å²) in [5, 5.41) is 5.97. The zero-order valence-electron chi connectivity index (χ0n) is 9.06. The van der Waals surface area contributed by atoms with Crippen LogP contribution in [-0.2, 0) is 0 Å². The molecule has 7 nitrogen and oxygen atoms in total. The monoisotopic (exact) mass is 225 g/mol. The van der Waals surface area contributed by atoms with Gasteiger partial charge in [-0.15, -0.1) is 5.10 Å². The third-order valence-electron chi connectivity index (χ3n) is 3.01. The Kier molecular flexibility index (Phi) is 2.78. The van der Waals surface area contributed by atoms with Gasteiger partial charge in [-0.25, -0.2) is 9.89 Å². The van der Waals surface area contributed by atoms with E-state index < -0.39 is 11.2 Å². The maximum atomic E-state index is 11.5.